The van der Waals surface area contributed by atoms with Gasteiger partial charge in [-0.15, -0.1) is 0 Å². The molecule has 4 aliphatic heterocycles. The first-order chi connectivity index (χ1) is 31.8. The fourth-order valence-corrected chi connectivity index (χ4v) is 9.43. The molecule has 0 bridgehead atoms. The number of carbonyl (C=O) groups is 3. The Labute approximate surface area is 420 Å². The molecule has 0 aliphatic carbocycles. The fourth-order valence-electron chi connectivity index (χ4n) is 7.05. The van der Waals surface area contributed by atoms with E-state index >= 15 is 0 Å². The van der Waals surface area contributed by atoms with Gasteiger partial charge in [0, 0.05) is 6.92 Å². The Balaban J connectivity index is 0.0000133. The molecule has 20 unspecified atom stereocenters. The zero-order valence-corrected chi connectivity index (χ0v) is 41.2. The molecule has 0 aromatic heterocycles. The molecule has 4 aliphatic rings. The Kier molecular flexibility index (Phi) is 21.9. The average Bonchev–Trinajstić information content (AvgIpc) is 3.18. The number of aliphatic carboxylic acids is 2. The van der Waals surface area contributed by atoms with Crippen molar-refractivity contribution in [3.8, 4) is 0 Å². The second kappa shape index (κ2) is 24.5. The molecule has 0 saturated carbocycles. The SMILES string of the molecule is CC(=O)NC1C(O)OC(COS(=O)(=O)O)C(OC2OC(C(=O)O)C(OC3OC(CO)C(OC4OC(C(=O)O)C(O)C(O)C4OS(=O)(=O)O)C(OS(=O)(=O)O)C3NS(=O)(=O)O)C(O)C2OS(=O)(=O)O)C1O.[Na+]. The normalized spacial score (nSPS) is 38.6. The Hall–Kier alpha value is -1.76. The molecule has 0 aromatic rings. The summed E-state index contributed by atoms with van der Waals surface area (Å²) in [6.45, 7) is -2.24. The smallest absolute Gasteiger partial charge is 0.479 e. The number of carboxylic acid groups (broad SMARTS) is 2. The van der Waals surface area contributed by atoms with Crippen LogP contribution >= 0.6 is 0 Å². The average molecular weight is 1160 g/mol. The van der Waals surface area contributed by atoms with E-state index in [9.17, 15) is 116 Å². The number of hydrogen-bond acceptors (Lipinski definition) is 30. The largest absolute Gasteiger partial charge is 1.00 e. The van der Waals surface area contributed by atoms with Gasteiger partial charge >= 0.3 is 93.4 Å². The molecular weight excluding hydrogens is 1120 g/mol. The summed E-state index contributed by atoms with van der Waals surface area (Å²) in [7, 11) is -29.1. The molecule has 0 radical (unpaired) electrons. The van der Waals surface area contributed by atoms with Gasteiger partial charge in [-0.1, -0.05) is 0 Å². The van der Waals surface area contributed by atoms with E-state index in [1.54, 1.807) is 0 Å². The monoisotopic (exact) mass is 1160 g/mol. The number of ether oxygens (including phenoxy) is 7. The van der Waals surface area contributed by atoms with Crippen LogP contribution in [0.25, 0.3) is 0 Å². The molecule has 20 atom stereocenters. The molecule has 4 fully saturated rings. The van der Waals surface area contributed by atoms with Gasteiger partial charge in [-0.3, -0.25) is 27.6 Å². The van der Waals surface area contributed by atoms with Gasteiger partial charge in [0.05, 0.1) is 13.2 Å². The molecule has 45 heteroatoms. The van der Waals surface area contributed by atoms with E-state index in [-0.39, 0.29) is 29.6 Å². The fraction of sp³-hybridized carbons (Fsp3) is 0.885. The maximum absolute atomic E-state index is 12.7. The van der Waals surface area contributed by atoms with E-state index in [1.807, 2.05) is 5.32 Å². The summed E-state index contributed by atoms with van der Waals surface area (Å²) in [5.41, 5.74) is 0. The third-order valence-electron chi connectivity index (χ3n) is 9.68. The van der Waals surface area contributed by atoms with Crippen LogP contribution < -0.4 is 39.6 Å². The summed E-state index contributed by atoms with van der Waals surface area (Å²) < 4.78 is 222. The molecule has 4 rings (SSSR count). The van der Waals surface area contributed by atoms with Gasteiger partial charge < -0.3 is 79.3 Å². The maximum atomic E-state index is 12.7. The molecule has 4 heterocycles. The Morgan fingerprint density at radius 2 is 0.986 bits per heavy atom. The second-order valence-corrected chi connectivity index (χ2v) is 20.0. The van der Waals surface area contributed by atoms with Gasteiger partial charge in [0.15, 0.2) is 49.6 Å². The van der Waals surface area contributed by atoms with Crippen molar-refractivity contribution in [2.24, 2.45) is 0 Å². The molecule has 1 amide bonds. The Morgan fingerprint density at radius 3 is 1.44 bits per heavy atom. The van der Waals surface area contributed by atoms with Crippen molar-refractivity contribution in [1.82, 2.24) is 10.0 Å². The predicted molar refractivity (Wildman–Crippen MR) is 201 cm³/mol. The summed E-state index contributed by atoms with van der Waals surface area (Å²) in [5, 5.41) is 86.0. The van der Waals surface area contributed by atoms with Crippen molar-refractivity contribution < 1.29 is 200 Å². The van der Waals surface area contributed by atoms with Crippen LogP contribution in [0.15, 0.2) is 0 Å². The number of hydrogen-bond donors (Lipinski definition) is 15. The van der Waals surface area contributed by atoms with E-state index in [4.69, 9.17) is 37.7 Å². The van der Waals surface area contributed by atoms with Gasteiger partial charge in [0.1, 0.15) is 73.1 Å². The van der Waals surface area contributed by atoms with Crippen LogP contribution in [-0.2, 0) is 116 Å². The summed E-state index contributed by atoms with van der Waals surface area (Å²) in [6, 6.07) is -4.96. The van der Waals surface area contributed by atoms with Crippen molar-refractivity contribution in [2.45, 2.75) is 130 Å². The van der Waals surface area contributed by atoms with Crippen molar-refractivity contribution in [3.05, 3.63) is 0 Å². The van der Waals surface area contributed by atoms with Crippen molar-refractivity contribution in [1.29, 1.82) is 0 Å². The van der Waals surface area contributed by atoms with E-state index < -0.39 is 206 Å². The molecule has 408 valence electrons. The Morgan fingerprint density at radius 1 is 0.521 bits per heavy atom. The van der Waals surface area contributed by atoms with E-state index in [0.717, 1.165) is 6.92 Å². The van der Waals surface area contributed by atoms with Crippen molar-refractivity contribution in [2.75, 3.05) is 13.2 Å². The number of aliphatic hydroxyl groups excluding tert-OH is 6. The van der Waals surface area contributed by atoms with Gasteiger partial charge in [0.2, 0.25) is 5.91 Å². The number of amides is 1. The molecule has 0 spiro atoms. The van der Waals surface area contributed by atoms with Crippen LogP contribution in [0.2, 0.25) is 0 Å². The molecule has 39 nitrogen and oxygen atoms in total. The molecule has 0 aromatic carbocycles. The number of aliphatic hydroxyl groups is 6. The number of carbonyl (C=O) groups excluding carboxylic acids is 1. The minimum Gasteiger partial charge on any atom is -0.479 e. The summed E-state index contributed by atoms with van der Waals surface area (Å²) >= 11 is 0. The number of nitrogens with one attached hydrogen (secondary N) is 2. The minimum absolute atomic E-state index is 0. The third-order valence-corrected chi connectivity index (χ3v) is 12.1. The first kappa shape index (κ1) is 63.5. The van der Waals surface area contributed by atoms with Gasteiger partial charge in [-0.25, -0.2) is 26.3 Å². The quantitative estimate of drug-likeness (QED) is 0.0375. The molecule has 15 N–H and O–H groups in total. The molecular formula is C26H42N2NaO37S5+. The van der Waals surface area contributed by atoms with Crippen LogP contribution in [0.3, 0.4) is 0 Å². The van der Waals surface area contributed by atoms with Crippen LogP contribution in [0.5, 0.6) is 0 Å². The summed E-state index contributed by atoms with van der Waals surface area (Å²) in [5.74, 6) is -5.49. The van der Waals surface area contributed by atoms with Gasteiger partial charge in [-0.05, 0) is 0 Å². The first-order valence-corrected chi connectivity index (χ1v) is 25.4. The van der Waals surface area contributed by atoms with Crippen LogP contribution in [0.4, 0.5) is 0 Å². The van der Waals surface area contributed by atoms with Gasteiger partial charge in [-0.2, -0.15) is 46.8 Å². The summed E-state index contributed by atoms with van der Waals surface area (Å²) in [6.07, 6.45) is -49.1. The predicted octanol–water partition coefficient (Wildman–Crippen LogP) is -13.7. The van der Waals surface area contributed by atoms with Crippen LogP contribution in [-0.4, -0.2) is 259 Å². The zero-order chi connectivity index (χ0) is 53.4. The van der Waals surface area contributed by atoms with Crippen molar-refractivity contribution in [3.63, 3.8) is 0 Å². The number of carboxylic acids is 2. The first-order valence-electron chi connectivity index (χ1n) is 18.5. The minimum atomic E-state index is -6.09. The van der Waals surface area contributed by atoms with Crippen LogP contribution in [0, 0.1) is 0 Å². The van der Waals surface area contributed by atoms with E-state index in [2.05, 4.69) is 16.7 Å². The van der Waals surface area contributed by atoms with E-state index in [1.165, 1.54) is 4.72 Å². The second-order valence-electron chi connectivity index (χ2n) is 14.6. The molecule has 4 saturated heterocycles. The standard InChI is InChI=1S/C26H42N2O37S5.Na/c1-4(30)27-7-9(31)13(6(56-23(7)39)3-55-67(43,44)45)58-26-19(65-70(52,53)54)12(34)16(20(62-26)22(37)38)60-24-8(28-66(40,41)42)15(63-68(46,47)48)14(5(2-29)57-24)59-25-18(64-69(49,50)51)11(33)10(32)17(61-25)21(35)36;/h5-20,23-26,28-29,31-34,39H,2-3H2,1H3,(H,27,30)(H,35,36)(H,37,38)(H,40,41,42)(H,43,44,45)(H,46,47,48)(H,49,50,51)(H,52,53,54);/q;+1. The Bertz CT molecular complexity index is 2450. The maximum Gasteiger partial charge on any atom is 1.00 e. The number of rotatable bonds is 21. The van der Waals surface area contributed by atoms with Crippen LogP contribution in [0.1, 0.15) is 6.92 Å². The van der Waals surface area contributed by atoms with Crippen molar-refractivity contribution >= 4 is 69.7 Å². The molecule has 71 heavy (non-hydrogen) atoms. The summed E-state index contributed by atoms with van der Waals surface area (Å²) in [4.78, 5) is 36.4. The third kappa shape index (κ3) is 17.7. The van der Waals surface area contributed by atoms with Gasteiger partial charge in [0.25, 0.3) is 0 Å². The van der Waals surface area contributed by atoms with E-state index in [0.29, 0.717) is 0 Å². The topological polar surface area (TPSA) is 610 Å². The zero-order valence-electron chi connectivity index (χ0n) is 35.1.